The minimum atomic E-state index is 0. The fourth-order valence-corrected chi connectivity index (χ4v) is 0.566. The highest BCUT2D eigenvalue weighted by Crippen LogP contribution is 1.90. The van der Waals surface area contributed by atoms with Crippen molar-refractivity contribution in [3.63, 3.8) is 0 Å². The van der Waals surface area contributed by atoms with Crippen LogP contribution in [0.1, 0.15) is 6.42 Å². The Morgan fingerprint density at radius 2 is 1.67 bits per heavy atom. The molecule has 0 unspecified atom stereocenters. The van der Waals surface area contributed by atoms with Gasteiger partial charge in [-0.3, -0.25) is 0 Å². The third-order valence-electron chi connectivity index (χ3n) is 1.03. The van der Waals surface area contributed by atoms with Gasteiger partial charge in [0.1, 0.15) is 0 Å². The van der Waals surface area contributed by atoms with E-state index < -0.39 is 0 Å². The molecule has 3 heteroatoms. The van der Waals surface area contributed by atoms with Gasteiger partial charge in [0, 0.05) is 6.42 Å². The summed E-state index contributed by atoms with van der Waals surface area (Å²) in [5, 5.41) is 0. The van der Waals surface area contributed by atoms with E-state index >= 15 is 0 Å². The van der Waals surface area contributed by atoms with Gasteiger partial charge < -0.3 is 34.2 Å². The van der Waals surface area contributed by atoms with Gasteiger partial charge in [-0.1, -0.05) is 0 Å². The van der Waals surface area contributed by atoms with Crippen LogP contribution in [0.15, 0.2) is 0 Å². The van der Waals surface area contributed by atoms with Crippen LogP contribution >= 0.6 is 0 Å². The van der Waals surface area contributed by atoms with Crippen LogP contribution in [0.4, 0.5) is 0 Å². The lowest BCUT2D eigenvalue weighted by Crippen LogP contribution is -3.00. The Morgan fingerprint density at radius 3 is 1.78 bits per heavy atom. The molecule has 2 N–H and O–H groups in total. The summed E-state index contributed by atoms with van der Waals surface area (Å²) in [5.74, 6) is 0. The van der Waals surface area contributed by atoms with E-state index in [-0.39, 0.29) is 24.0 Å². The first-order chi connectivity index (χ1) is 3.56. The quantitative estimate of drug-likeness (QED) is 0.417. The summed E-state index contributed by atoms with van der Waals surface area (Å²) >= 11 is 0. The molecule has 0 aromatic carbocycles. The lowest BCUT2D eigenvalue weighted by molar-refractivity contribution is -0.870. The van der Waals surface area contributed by atoms with Gasteiger partial charge in [-0.05, 0) is 6.54 Å². The van der Waals surface area contributed by atoms with Crippen molar-refractivity contribution < 1.29 is 28.5 Å². The van der Waals surface area contributed by atoms with Crippen LogP contribution in [-0.2, 0) is 0 Å². The van der Waals surface area contributed by atoms with Gasteiger partial charge in [0.05, 0.1) is 27.7 Å². The minimum absolute atomic E-state index is 0. The molecule has 0 aliphatic heterocycles. The first-order valence-corrected chi connectivity index (χ1v) is 3.07. The van der Waals surface area contributed by atoms with Crippen molar-refractivity contribution in [1.29, 1.82) is 0 Å². The molecule has 0 aromatic rings. The number of hydrogen-bond donors (Lipinski definition) is 1. The van der Waals surface area contributed by atoms with Gasteiger partial charge in [-0.25, -0.2) is 0 Å². The molecule has 0 spiro atoms. The van der Waals surface area contributed by atoms with Crippen molar-refractivity contribution in [2.75, 3.05) is 34.2 Å². The highest BCUT2D eigenvalue weighted by molar-refractivity contribution is 4.33. The number of rotatable bonds is 3. The van der Waals surface area contributed by atoms with Gasteiger partial charge in [0.2, 0.25) is 0 Å². The molecular weight excluding hydrogens is 227 g/mol. The van der Waals surface area contributed by atoms with E-state index in [0.29, 0.717) is 0 Å². The molecule has 0 atom stereocenters. The summed E-state index contributed by atoms with van der Waals surface area (Å²) in [7, 11) is 6.53. The largest absolute Gasteiger partial charge is 1.00 e. The van der Waals surface area contributed by atoms with Crippen molar-refractivity contribution in [1.82, 2.24) is 0 Å². The van der Waals surface area contributed by atoms with Crippen LogP contribution < -0.4 is 29.7 Å². The second-order valence-electron chi connectivity index (χ2n) is 3.16. The van der Waals surface area contributed by atoms with Crippen molar-refractivity contribution in [2.24, 2.45) is 5.73 Å². The highest BCUT2D eigenvalue weighted by atomic mass is 127. The molecule has 0 heterocycles. The zero-order valence-electron chi connectivity index (χ0n) is 6.52. The van der Waals surface area contributed by atoms with Gasteiger partial charge in [0.25, 0.3) is 0 Å². The molecule has 2 nitrogen and oxygen atoms in total. The molecule has 0 rings (SSSR count). The Balaban J connectivity index is 0. The second kappa shape index (κ2) is 5.44. The first kappa shape index (κ1) is 12.3. The molecule has 0 fully saturated rings. The van der Waals surface area contributed by atoms with E-state index in [1.54, 1.807) is 0 Å². The first-order valence-electron chi connectivity index (χ1n) is 3.07. The van der Waals surface area contributed by atoms with E-state index in [0.717, 1.165) is 17.4 Å². The molecule has 9 heavy (non-hydrogen) atoms. The Morgan fingerprint density at radius 1 is 1.22 bits per heavy atom. The van der Waals surface area contributed by atoms with Crippen LogP contribution in [-0.4, -0.2) is 38.7 Å². The molecule has 0 aliphatic carbocycles. The maximum absolute atomic E-state index is 5.33. The molecule has 0 saturated carbocycles. The Hall–Kier alpha value is 0.650. The maximum Gasteiger partial charge on any atom is 0.0792 e. The molecule has 0 amide bonds. The fourth-order valence-electron chi connectivity index (χ4n) is 0.566. The van der Waals surface area contributed by atoms with Crippen LogP contribution in [0, 0.1) is 0 Å². The lowest BCUT2D eigenvalue weighted by Gasteiger charge is -2.23. The molecule has 0 aromatic heterocycles. The number of nitrogens with two attached hydrogens (primary N) is 1. The predicted octanol–water partition coefficient (Wildman–Crippen LogP) is -2.95. The molecular formula is C6H17IN2. The van der Waals surface area contributed by atoms with Gasteiger partial charge in [0.15, 0.2) is 0 Å². The molecule has 58 valence electrons. The monoisotopic (exact) mass is 244 g/mol. The number of nitrogens with zero attached hydrogens (tertiary/aromatic N) is 1. The molecule has 0 aliphatic rings. The minimum Gasteiger partial charge on any atom is -1.00 e. The number of quaternary nitrogens is 1. The average molecular weight is 244 g/mol. The van der Waals surface area contributed by atoms with Crippen molar-refractivity contribution in [2.45, 2.75) is 6.42 Å². The zero-order valence-corrected chi connectivity index (χ0v) is 8.68. The Labute approximate surface area is 75.0 Å². The van der Waals surface area contributed by atoms with Crippen molar-refractivity contribution in [3.8, 4) is 0 Å². The lowest BCUT2D eigenvalue weighted by atomic mass is 10.4. The fraction of sp³-hybridized carbons (Fsp3) is 1.00. The Kier molecular flexibility index (Phi) is 7.45. The van der Waals surface area contributed by atoms with Gasteiger partial charge in [-0.2, -0.15) is 0 Å². The third-order valence-corrected chi connectivity index (χ3v) is 1.03. The maximum atomic E-state index is 5.33. The smallest absolute Gasteiger partial charge is 0.0792 e. The standard InChI is InChI=1S/C6H17N2.HI/c1-8(2,3)6-4-5-7;/h4-7H2,1-3H3;1H/q+1;/p-1. The number of halogens is 1. The summed E-state index contributed by atoms with van der Waals surface area (Å²) < 4.78 is 1.02. The number of hydrogen-bond acceptors (Lipinski definition) is 1. The summed E-state index contributed by atoms with van der Waals surface area (Å²) in [6.07, 6.45) is 1.13. The average Bonchev–Trinajstić information content (AvgIpc) is 1.59. The van der Waals surface area contributed by atoms with Crippen LogP contribution in [0.5, 0.6) is 0 Å². The van der Waals surface area contributed by atoms with E-state index in [9.17, 15) is 0 Å². The molecule has 0 bridgehead atoms. The molecule has 0 radical (unpaired) electrons. The van der Waals surface area contributed by atoms with E-state index in [2.05, 4.69) is 21.1 Å². The molecule has 0 saturated heterocycles. The normalized spacial score (nSPS) is 10.7. The summed E-state index contributed by atoms with van der Waals surface area (Å²) in [6.45, 7) is 1.99. The third kappa shape index (κ3) is 12.0. The summed E-state index contributed by atoms with van der Waals surface area (Å²) in [4.78, 5) is 0. The Bertz CT molecular complexity index is 58.6. The zero-order chi connectivity index (χ0) is 6.62. The van der Waals surface area contributed by atoms with Crippen LogP contribution in [0.25, 0.3) is 0 Å². The second-order valence-corrected chi connectivity index (χ2v) is 3.16. The van der Waals surface area contributed by atoms with Crippen molar-refractivity contribution in [3.05, 3.63) is 0 Å². The van der Waals surface area contributed by atoms with Gasteiger partial charge >= 0.3 is 0 Å². The summed E-state index contributed by atoms with van der Waals surface area (Å²) in [6, 6.07) is 0. The van der Waals surface area contributed by atoms with E-state index in [1.807, 2.05) is 0 Å². The topological polar surface area (TPSA) is 26.0 Å². The van der Waals surface area contributed by atoms with E-state index in [4.69, 9.17) is 5.73 Å². The predicted molar refractivity (Wildman–Crippen MR) is 36.6 cm³/mol. The highest BCUT2D eigenvalue weighted by Gasteiger charge is 2.03. The van der Waals surface area contributed by atoms with E-state index in [1.165, 1.54) is 6.54 Å². The van der Waals surface area contributed by atoms with Gasteiger partial charge in [-0.15, -0.1) is 0 Å². The SMILES string of the molecule is C[N+](C)(C)CCCN.[I-]. The van der Waals surface area contributed by atoms with Crippen molar-refractivity contribution >= 4 is 0 Å². The van der Waals surface area contributed by atoms with Crippen LogP contribution in [0.2, 0.25) is 0 Å². The summed E-state index contributed by atoms with van der Waals surface area (Å²) in [5.41, 5.74) is 5.33. The van der Waals surface area contributed by atoms with Crippen LogP contribution in [0.3, 0.4) is 0 Å².